The first-order chi connectivity index (χ1) is 14.9. The van der Waals surface area contributed by atoms with E-state index in [-0.39, 0.29) is 18.4 Å². The monoisotopic (exact) mass is 478 g/mol. The Labute approximate surface area is 187 Å². The number of hydrogen-bond donors (Lipinski definition) is 1. The van der Waals surface area contributed by atoms with Gasteiger partial charge in [0, 0.05) is 29.5 Å². The number of nitrogen functional groups attached to an aromatic ring is 1. The second-order valence-electron chi connectivity index (χ2n) is 6.96. The minimum Gasteiger partial charge on any atom is -0.454 e. The predicted molar refractivity (Wildman–Crippen MR) is 123 cm³/mol. The highest BCUT2D eigenvalue weighted by molar-refractivity contribution is 9.10. The Morgan fingerprint density at radius 2 is 1.81 bits per heavy atom. The number of carbonyl (C=O) groups is 1. The van der Waals surface area contributed by atoms with Crippen LogP contribution in [-0.2, 0) is 11.3 Å². The molecule has 4 aromatic rings. The average molecular weight is 479 g/mol. The number of pyridine rings is 1. The molecule has 9 heteroatoms. The van der Waals surface area contributed by atoms with Crippen molar-refractivity contribution >= 4 is 44.7 Å². The lowest BCUT2D eigenvalue weighted by Crippen LogP contribution is -2.17. The second kappa shape index (κ2) is 8.65. The summed E-state index contributed by atoms with van der Waals surface area (Å²) in [5.41, 5.74) is 8.43. The largest absolute Gasteiger partial charge is 0.454 e. The highest BCUT2D eigenvalue weighted by Gasteiger charge is 2.17. The standard InChI is InChI=1S/C22H19BrN6O2/c1-29(2)22-27-19(26-21(24)28-22)12-31-20(30)16-11-18(13-6-4-3-5-7-13)25-17-9-8-14(23)10-15(16)17/h3-11H,12H2,1-2H3,(H2,24,26,27,28). The summed E-state index contributed by atoms with van der Waals surface area (Å²) in [5.74, 6) is 0.220. The third-order valence-corrected chi connectivity index (χ3v) is 4.97. The molecule has 0 unspecified atom stereocenters. The molecule has 8 nitrogen and oxygen atoms in total. The molecular formula is C22H19BrN6O2. The minimum atomic E-state index is -0.506. The van der Waals surface area contributed by atoms with E-state index in [1.807, 2.05) is 48.5 Å². The fourth-order valence-corrected chi connectivity index (χ4v) is 3.38. The molecule has 156 valence electrons. The van der Waals surface area contributed by atoms with Gasteiger partial charge in [0.1, 0.15) is 0 Å². The summed E-state index contributed by atoms with van der Waals surface area (Å²) in [6, 6.07) is 17.0. The van der Waals surface area contributed by atoms with E-state index in [1.165, 1.54) is 0 Å². The van der Waals surface area contributed by atoms with Gasteiger partial charge in [-0.15, -0.1) is 0 Å². The summed E-state index contributed by atoms with van der Waals surface area (Å²) < 4.78 is 6.37. The van der Waals surface area contributed by atoms with Crippen LogP contribution in [0.4, 0.5) is 11.9 Å². The number of benzene rings is 2. The van der Waals surface area contributed by atoms with Gasteiger partial charge in [0.05, 0.1) is 16.8 Å². The van der Waals surface area contributed by atoms with E-state index in [1.54, 1.807) is 25.1 Å². The molecule has 2 heterocycles. The van der Waals surface area contributed by atoms with Gasteiger partial charge in [0.15, 0.2) is 12.4 Å². The molecule has 2 N–H and O–H groups in total. The molecule has 0 amide bonds. The van der Waals surface area contributed by atoms with Crippen LogP contribution in [-0.4, -0.2) is 40.0 Å². The topological polar surface area (TPSA) is 107 Å². The van der Waals surface area contributed by atoms with Crippen LogP contribution in [0.25, 0.3) is 22.2 Å². The van der Waals surface area contributed by atoms with Crippen LogP contribution in [0.5, 0.6) is 0 Å². The second-order valence-corrected chi connectivity index (χ2v) is 7.88. The summed E-state index contributed by atoms with van der Waals surface area (Å²) in [4.78, 5) is 31.8. The zero-order valence-electron chi connectivity index (χ0n) is 16.9. The Morgan fingerprint density at radius 1 is 1.03 bits per heavy atom. The van der Waals surface area contributed by atoms with Gasteiger partial charge >= 0.3 is 5.97 Å². The summed E-state index contributed by atoms with van der Waals surface area (Å²) >= 11 is 3.46. The Bertz CT molecular complexity index is 1260. The number of ether oxygens (including phenoxy) is 1. The van der Waals surface area contributed by atoms with Gasteiger partial charge in [-0.3, -0.25) is 0 Å². The van der Waals surface area contributed by atoms with Crippen molar-refractivity contribution in [3.63, 3.8) is 0 Å². The molecule has 0 bridgehead atoms. The van der Waals surface area contributed by atoms with E-state index in [0.717, 1.165) is 10.0 Å². The molecule has 0 saturated carbocycles. The van der Waals surface area contributed by atoms with Crippen molar-refractivity contribution in [3.8, 4) is 11.3 Å². The molecule has 0 saturated heterocycles. The fourth-order valence-electron chi connectivity index (χ4n) is 3.02. The zero-order chi connectivity index (χ0) is 22.0. The maximum Gasteiger partial charge on any atom is 0.339 e. The maximum absolute atomic E-state index is 13.1. The highest BCUT2D eigenvalue weighted by Crippen LogP contribution is 2.28. The Hall–Kier alpha value is -3.59. The number of nitrogens with zero attached hydrogens (tertiary/aromatic N) is 5. The first-order valence-electron chi connectivity index (χ1n) is 9.41. The van der Waals surface area contributed by atoms with Gasteiger partial charge in [0.2, 0.25) is 11.9 Å². The van der Waals surface area contributed by atoms with E-state index in [4.69, 9.17) is 15.5 Å². The summed E-state index contributed by atoms with van der Waals surface area (Å²) in [6.07, 6.45) is 0. The van der Waals surface area contributed by atoms with E-state index >= 15 is 0 Å². The van der Waals surface area contributed by atoms with Gasteiger partial charge in [-0.05, 0) is 24.3 Å². The molecule has 0 radical (unpaired) electrons. The van der Waals surface area contributed by atoms with Crippen LogP contribution in [0, 0.1) is 0 Å². The van der Waals surface area contributed by atoms with Crippen molar-refractivity contribution in [2.24, 2.45) is 0 Å². The SMILES string of the molecule is CN(C)c1nc(N)nc(COC(=O)c2cc(-c3ccccc3)nc3ccc(Br)cc23)n1. The van der Waals surface area contributed by atoms with Crippen molar-refractivity contribution < 1.29 is 9.53 Å². The number of esters is 1. The molecule has 2 aromatic heterocycles. The minimum absolute atomic E-state index is 0.0643. The molecular weight excluding hydrogens is 460 g/mol. The number of carbonyl (C=O) groups excluding carboxylic acids is 1. The van der Waals surface area contributed by atoms with Crippen LogP contribution in [0.15, 0.2) is 59.1 Å². The summed E-state index contributed by atoms with van der Waals surface area (Å²) in [5, 5.41) is 0.684. The highest BCUT2D eigenvalue weighted by atomic mass is 79.9. The van der Waals surface area contributed by atoms with Crippen molar-refractivity contribution in [2.45, 2.75) is 6.61 Å². The number of hydrogen-bond acceptors (Lipinski definition) is 8. The third-order valence-electron chi connectivity index (χ3n) is 4.48. The molecule has 0 aliphatic heterocycles. The predicted octanol–water partition coefficient (Wildman–Crippen LogP) is 3.85. The van der Waals surface area contributed by atoms with Crippen molar-refractivity contribution in [1.82, 2.24) is 19.9 Å². The summed E-state index contributed by atoms with van der Waals surface area (Å²) in [6.45, 7) is -0.134. The lowest BCUT2D eigenvalue weighted by molar-refractivity contribution is 0.0464. The average Bonchev–Trinajstić information content (AvgIpc) is 2.77. The number of rotatable bonds is 5. The van der Waals surface area contributed by atoms with E-state index in [0.29, 0.717) is 28.1 Å². The van der Waals surface area contributed by atoms with Gasteiger partial charge in [0.25, 0.3) is 0 Å². The van der Waals surface area contributed by atoms with E-state index < -0.39 is 5.97 Å². The number of nitrogens with two attached hydrogens (primary N) is 1. The molecule has 0 aliphatic carbocycles. The Balaban J connectivity index is 1.69. The molecule has 2 aromatic carbocycles. The van der Waals surface area contributed by atoms with Gasteiger partial charge in [-0.1, -0.05) is 46.3 Å². The fraction of sp³-hybridized carbons (Fsp3) is 0.136. The number of halogens is 1. The van der Waals surface area contributed by atoms with E-state index in [9.17, 15) is 4.79 Å². The number of anilines is 2. The van der Waals surface area contributed by atoms with Crippen molar-refractivity contribution in [1.29, 1.82) is 0 Å². The van der Waals surface area contributed by atoms with Crippen LogP contribution >= 0.6 is 15.9 Å². The van der Waals surface area contributed by atoms with Crippen LogP contribution < -0.4 is 10.6 Å². The first-order valence-corrected chi connectivity index (χ1v) is 10.2. The number of fused-ring (bicyclic) bond motifs is 1. The maximum atomic E-state index is 13.1. The lowest BCUT2D eigenvalue weighted by atomic mass is 10.0. The summed E-state index contributed by atoms with van der Waals surface area (Å²) in [7, 11) is 3.58. The smallest absolute Gasteiger partial charge is 0.339 e. The zero-order valence-corrected chi connectivity index (χ0v) is 18.5. The number of aromatic nitrogens is 4. The molecule has 0 spiro atoms. The van der Waals surface area contributed by atoms with Gasteiger partial charge < -0.3 is 15.4 Å². The van der Waals surface area contributed by atoms with Crippen molar-refractivity contribution in [3.05, 3.63) is 70.5 Å². The Morgan fingerprint density at radius 3 is 2.55 bits per heavy atom. The van der Waals surface area contributed by atoms with E-state index in [2.05, 4.69) is 30.9 Å². The van der Waals surface area contributed by atoms with Gasteiger partial charge in [-0.2, -0.15) is 15.0 Å². The molecule has 0 fully saturated rings. The lowest BCUT2D eigenvalue weighted by Gasteiger charge is -2.12. The normalized spacial score (nSPS) is 10.8. The third kappa shape index (κ3) is 4.61. The van der Waals surface area contributed by atoms with Crippen LogP contribution in [0.2, 0.25) is 0 Å². The molecule has 0 atom stereocenters. The Kier molecular flexibility index (Phi) is 5.77. The van der Waals surface area contributed by atoms with Crippen molar-refractivity contribution in [2.75, 3.05) is 24.7 Å². The van der Waals surface area contributed by atoms with Crippen LogP contribution in [0.3, 0.4) is 0 Å². The molecule has 31 heavy (non-hydrogen) atoms. The molecule has 4 rings (SSSR count). The quantitative estimate of drug-likeness (QED) is 0.430. The first kappa shape index (κ1) is 20.7. The van der Waals surface area contributed by atoms with Gasteiger partial charge in [-0.25, -0.2) is 9.78 Å². The molecule has 0 aliphatic rings. The van der Waals surface area contributed by atoms with Crippen LogP contribution in [0.1, 0.15) is 16.2 Å².